The summed E-state index contributed by atoms with van der Waals surface area (Å²) in [5.74, 6) is 2.43. The average Bonchev–Trinajstić information content (AvgIpc) is 2.77. The van der Waals surface area contributed by atoms with Gasteiger partial charge in [-0.2, -0.15) is 5.10 Å². The fourth-order valence-corrected chi connectivity index (χ4v) is 2.30. The largest absolute Gasteiger partial charge is 0.310 e. The van der Waals surface area contributed by atoms with Crippen LogP contribution in [0.15, 0.2) is 6.33 Å². The van der Waals surface area contributed by atoms with Gasteiger partial charge in [0.25, 0.3) is 0 Å². The van der Waals surface area contributed by atoms with Crippen LogP contribution in [0.5, 0.6) is 0 Å². The summed E-state index contributed by atoms with van der Waals surface area (Å²) >= 11 is 5.80. The number of aromatic nitrogens is 3. The Kier molecular flexibility index (Phi) is 7.21. The third kappa shape index (κ3) is 5.04. The molecule has 1 unspecified atom stereocenters. The molecule has 5 heteroatoms. The van der Waals surface area contributed by atoms with Gasteiger partial charge in [-0.25, -0.2) is 9.67 Å². The van der Waals surface area contributed by atoms with Crippen LogP contribution in [0.4, 0.5) is 0 Å². The van der Waals surface area contributed by atoms with Gasteiger partial charge in [0.15, 0.2) is 0 Å². The Hall–Kier alpha value is -0.610. The van der Waals surface area contributed by atoms with Crippen LogP contribution in [0.3, 0.4) is 0 Å². The average molecular weight is 259 g/mol. The molecule has 0 aliphatic rings. The lowest BCUT2D eigenvalue weighted by atomic mass is 10.0. The Labute approximate surface area is 109 Å². The molecule has 0 saturated carbocycles. The molecule has 1 N–H and O–H groups in total. The maximum absolute atomic E-state index is 5.80. The number of halogens is 1. The van der Waals surface area contributed by atoms with Crippen molar-refractivity contribution in [3.05, 3.63) is 12.2 Å². The summed E-state index contributed by atoms with van der Waals surface area (Å²) in [6, 6.07) is 0. The summed E-state index contributed by atoms with van der Waals surface area (Å²) < 4.78 is 1.92. The van der Waals surface area contributed by atoms with Gasteiger partial charge in [-0.1, -0.05) is 13.3 Å². The Morgan fingerprint density at radius 1 is 1.41 bits per heavy atom. The molecule has 0 spiro atoms. The van der Waals surface area contributed by atoms with Gasteiger partial charge in [-0.3, -0.25) is 0 Å². The number of alkyl halides is 1. The molecule has 1 heterocycles. The first-order chi connectivity index (χ1) is 8.31. The van der Waals surface area contributed by atoms with Crippen LogP contribution in [0.25, 0.3) is 0 Å². The fourth-order valence-electron chi connectivity index (χ4n) is 1.99. The molecule has 0 radical (unpaired) electrons. The maximum Gasteiger partial charge on any atom is 0.140 e. The number of hydrogen-bond donors (Lipinski definition) is 1. The van der Waals surface area contributed by atoms with Crippen LogP contribution in [0.2, 0.25) is 0 Å². The van der Waals surface area contributed by atoms with E-state index in [1.54, 1.807) is 6.33 Å². The molecule has 0 aliphatic carbocycles. The molecule has 0 fully saturated rings. The summed E-state index contributed by atoms with van der Waals surface area (Å²) in [7, 11) is 0. The van der Waals surface area contributed by atoms with Crippen LogP contribution < -0.4 is 5.32 Å². The highest BCUT2D eigenvalue weighted by molar-refractivity contribution is 6.17. The van der Waals surface area contributed by atoms with E-state index in [9.17, 15) is 0 Å². The first kappa shape index (κ1) is 14.5. The second-order valence-corrected chi connectivity index (χ2v) is 4.63. The minimum absolute atomic E-state index is 0.676. The third-order valence-electron chi connectivity index (χ3n) is 2.93. The van der Waals surface area contributed by atoms with Crippen molar-refractivity contribution >= 4 is 11.6 Å². The number of nitrogens with zero attached hydrogens (tertiary/aromatic N) is 3. The Morgan fingerprint density at radius 2 is 2.24 bits per heavy atom. The Balaban J connectivity index is 2.30. The van der Waals surface area contributed by atoms with Crippen molar-refractivity contribution < 1.29 is 0 Å². The summed E-state index contributed by atoms with van der Waals surface area (Å²) in [6.45, 7) is 6.96. The van der Waals surface area contributed by atoms with Crippen molar-refractivity contribution in [1.29, 1.82) is 0 Å². The molecule has 0 aromatic carbocycles. The van der Waals surface area contributed by atoms with E-state index in [2.05, 4.69) is 29.2 Å². The Morgan fingerprint density at radius 3 is 2.88 bits per heavy atom. The molecule has 0 bridgehead atoms. The first-order valence-corrected chi connectivity index (χ1v) is 6.98. The van der Waals surface area contributed by atoms with Gasteiger partial charge in [0.05, 0.1) is 6.54 Å². The summed E-state index contributed by atoms with van der Waals surface area (Å²) in [5.41, 5.74) is 0. The van der Waals surface area contributed by atoms with E-state index in [1.165, 1.54) is 12.8 Å². The van der Waals surface area contributed by atoms with Crippen molar-refractivity contribution in [2.75, 3.05) is 12.4 Å². The molecule has 4 nitrogen and oxygen atoms in total. The second kappa shape index (κ2) is 8.48. The van der Waals surface area contributed by atoms with Crippen molar-refractivity contribution in [1.82, 2.24) is 20.1 Å². The lowest BCUT2D eigenvalue weighted by Gasteiger charge is -2.15. The van der Waals surface area contributed by atoms with E-state index in [0.717, 1.165) is 37.8 Å². The van der Waals surface area contributed by atoms with Gasteiger partial charge in [-0.15, -0.1) is 11.6 Å². The van der Waals surface area contributed by atoms with E-state index in [0.29, 0.717) is 5.92 Å². The molecule has 0 aliphatic heterocycles. The summed E-state index contributed by atoms with van der Waals surface area (Å²) in [6.07, 6.45) is 5.15. The van der Waals surface area contributed by atoms with Crippen molar-refractivity contribution in [3.8, 4) is 0 Å². The third-order valence-corrected chi connectivity index (χ3v) is 3.14. The zero-order valence-electron chi connectivity index (χ0n) is 10.8. The number of aryl methyl sites for hydroxylation is 1. The highest BCUT2D eigenvalue weighted by Crippen LogP contribution is 2.11. The van der Waals surface area contributed by atoms with Gasteiger partial charge in [0, 0.05) is 12.4 Å². The highest BCUT2D eigenvalue weighted by atomic mass is 35.5. The van der Waals surface area contributed by atoms with E-state index >= 15 is 0 Å². The first-order valence-electron chi connectivity index (χ1n) is 6.45. The van der Waals surface area contributed by atoms with Gasteiger partial charge >= 0.3 is 0 Å². The van der Waals surface area contributed by atoms with Gasteiger partial charge < -0.3 is 5.32 Å². The zero-order valence-corrected chi connectivity index (χ0v) is 11.6. The van der Waals surface area contributed by atoms with Gasteiger partial charge in [0.1, 0.15) is 12.2 Å². The van der Waals surface area contributed by atoms with Crippen molar-refractivity contribution in [2.45, 2.75) is 46.2 Å². The molecular formula is C12H23ClN4. The topological polar surface area (TPSA) is 42.7 Å². The predicted octanol–water partition coefficient (Wildman–Crippen LogP) is 2.43. The van der Waals surface area contributed by atoms with E-state index in [4.69, 9.17) is 11.6 Å². The van der Waals surface area contributed by atoms with Crippen LogP contribution in [-0.2, 0) is 13.1 Å². The van der Waals surface area contributed by atoms with Crippen LogP contribution in [0, 0.1) is 5.92 Å². The highest BCUT2D eigenvalue weighted by Gasteiger charge is 2.08. The van der Waals surface area contributed by atoms with E-state index in [1.807, 2.05) is 4.68 Å². The summed E-state index contributed by atoms with van der Waals surface area (Å²) in [4.78, 5) is 4.24. The number of nitrogens with one attached hydrogen (secondary N) is 1. The van der Waals surface area contributed by atoms with Crippen LogP contribution in [-0.4, -0.2) is 27.2 Å². The van der Waals surface area contributed by atoms with Crippen molar-refractivity contribution in [3.63, 3.8) is 0 Å². The molecule has 0 saturated heterocycles. The van der Waals surface area contributed by atoms with Gasteiger partial charge in [0.2, 0.25) is 0 Å². The molecule has 1 aromatic rings. The second-order valence-electron chi connectivity index (χ2n) is 4.26. The van der Waals surface area contributed by atoms with Gasteiger partial charge in [-0.05, 0) is 32.2 Å². The lowest BCUT2D eigenvalue weighted by Crippen LogP contribution is -2.24. The monoisotopic (exact) mass is 258 g/mol. The molecule has 98 valence electrons. The molecule has 1 atom stereocenters. The maximum atomic E-state index is 5.80. The number of rotatable bonds is 9. The quantitative estimate of drug-likeness (QED) is 0.692. The van der Waals surface area contributed by atoms with E-state index < -0.39 is 0 Å². The molecule has 0 amide bonds. The Bertz CT molecular complexity index is 294. The minimum Gasteiger partial charge on any atom is -0.310 e. The fraction of sp³-hybridized carbons (Fsp3) is 0.833. The van der Waals surface area contributed by atoms with Crippen LogP contribution >= 0.6 is 11.6 Å². The van der Waals surface area contributed by atoms with Crippen molar-refractivity contribution in [2.24, 2.45) is 5.92 Å². The predicted molar refractivity (Wildman–Crippen MR) is 71.1 cm³/mol. The molecule has 1 aromatic heterocycles. The molecule has 17 heavy (non-hydrogen) atoms. The lowest BCUT2D eigenvalue weighted by molar-refractivity contribution is 0.423. The summed E-state index contributed by atoms with van der Waals surface area (Å²) in [5, 5.41) is 7.60. The molecular weight excluding hydrogens is 236 g/mol. The zero-order chi connectivity index (χ0) is 12.5. The number of hydrogen-bond acceptors (Lipinski definition) is 3. The minimum atomic E-state index is 0.676. The standard InChI is InChI=1S/C12H23ClN4/c1-3-5-11(6-7-13)8-14-9-12-15-10-16-17(12)4-2/h10-11,14H,3-9H2,1-2H3. The normalized spacial score (nSPS) is 12.9. The smallest absolute Gasteiger partial charge is 0.140 e. The van der Waals surface area contributed by atoms with Crippen LogP contribution in [0.1, 0.15) is 38.9 Å². The SMILES string of the molecule is CCCC(CCCl)CNCc1ncnn1CC. The van der Waals surface area contributed by atoms with E-state index in [-0.39, 0.29) is 0 Å². The molecule has 1 rings (SSSR count).